The van der Waals surface area contributed by atoms with Gasteiger partial charge >= 0.3 is 0 Å². The van der Waals surface area contributed by atoms with Gasteiger partial charge in [0.1, 0.15) is 0 Å². The van der Waals surface area contributed by atoms with E-state index in [0.717, 1.165) is 31.7 Å². The summed E-state index contributed by atoms with van der Waals surface area (Å²) in [6.45, 7) is 5.31. The molecule has 0 aromatic rings. The van der Waals surface area contributed by atoms with Gasteiger partial charge in [-0.3, -0.25) is 4.90 Å². The first-order chi connectivity index (χ1) is 6.40. The van der Waals surface area contributed by atoms with Gasteiger partial charge in [-0.15, -0.1) is 0 Å². The Balaban J connectivity index is 1.75. The molecular weight excluding hydrogens is 164 g/mol. The zero-order valence-electron chi connectivity index (χ0n) is 8.24. The molecule has 2 aliphatic heterocycles. The number of nitrogens with zero attached hydrogens (tertiary/aromatic N) is 1. The van der Waals surface area contributed by atoms with Crippen molar-refractivity contribution in [3.05, 3.63) is 0 Å². The van der Waals surface area contributed by atoms with Crippen LogP contribution in [0.4, 0.5) is 0 Å². The Bertz CT molecular complexity index is 159. The number of rotatable bonds is 4. The summed E-state index contributed by atoms with van der Waals surface area (Å²) in [5, 5.41) is 0. The summed E-state index contributed by atoms with van der Waals surface area (Å²) in [6, 6.07) is 0.769. The quantitative estimate of drug-likeness (QED) is 0.689. The molecule has 0 radical (unpaired) electrons. The van der Waals surface area contributed by atoms with Gasteiger partial charge in [0.2, 0.25) is 0 Å². The van der Waals surface area contributed by atoms with E-state index in [1.165, 1.54) is 32.4 Å². The van der Waals surface area contributed by atoms with Gasteiger partial charge in [0.25, 0.3) is 0 Å². The van der Waals surface area contributed by atoms with Crippen molar-refractivity contribution in [2.45, 2.75) is 25.3 Å². The molecule has 2 saturated heterocycles. The lowest BCUT2D eigenvalue weighted by Gasteiger charge is -2.33. The summed E-state index contributed by atoms with van der Waals surface area (Å²) < 4.78 is 5.19. The van der Waals surface area contributed by atoms with E-state index in [0.29, 0.717) is 0 Å². The molecule has 2 N–H and O–H groups in total. The molecule has 0 bridgehead atoms. The number of ether oxygens (including phenoxy) is 1. The first-order valence-electron chi connectivity index (χ1n) is 5.42. The van der Waals surface area contributed by atoms with E-state index in [9.17, 15) is 0 Å². The monoisotopic (exact) mass is 184 g/mol. The highest BCUT2D eigenvalue weighted by Gasteiger charge is 2.28. The maximum absolute atomic E-state index is 5.60. The lowest BCUT2D eigenvalue weighted by Crippen LogP contribution is -2.42. The summed E-state index contributed by atoms with van der Waals surface area (Å²) in [5.74, 6) is 0.804. The van der Waals surface area contributed by atoms with Crippen LogP contribution in [-0.2, 0) is 4.74 Å². The van der Waals surface area contributed by atoms with Crippen molar-refractivity contribution in [2.24, 2.45) is 11.7 Å². The third-order valence-electron chi connectivity index (χ3n) is 3.20. The molecular formula is C10H20N2O. The van der Waals surface area contributed by atoms with Crippen LogP contribution in [-0.4, -0.2) is 43.8 Å². The van der Waals surface area contributed by atoms with Gasteiger partial charge in [0.15, 0.2) is 0 Å². The number of hydrogen-bond acceptors (Lipinski definition) is 3. The Labute approximate surface area is 80.2 Å². The lowest BCUT2D eigenvalue weighted by molar-refractivity contribution is -0.0480. The van der Waals surface area contributed by atoms with Gasteiger partial charge < -0.3 is 10.5 Å². The largest absolute Gasteiger partial charge is 0.381 e. The minimum absolute atomic E-state index is 0.769. The van der Waals surface area contributed by atoms with Gasteiger partial charge in [0, 0.05) is 18.5 Å². The molecule has 0 aromatic carbocycles. The average Bonchev–Trinajstić information content (AvgIpc) is 2.46. The fourth-order valence-electron chi connectivity index (χ4n) is 2.38. The fourth-order valence-corrected chi connectivity index (χ4v) is 2.38. The van der Waals surface area contributed by atoms with Crippen LogP contribution in [0.3, 0.4) is 0 Å². The van der Waals surface area contributed by atoms with Crippen LogP contribution in [0.1, 0.15) is 19.3 Å². The Morgan fingerprint density at radius 1 is 1.38 bits per heavy atom. The second kappa shape index (κ2) is 4.40. The van der Waals surface area contributed by atoms with Crippen LogP contribution in [0.25, 0.3) is 0 Å². The van der Waals surface area contributed by atoms with E-state index in [2.05, 4.69) is 4.90 Å². The maximum Gasteiger partial charge on any atom is 0.0528 e. The molecule has 2 heterocycles. The Morgan fingerprint density at radius 2 is 2.23 bits per heavy atom. The van der Waals surface area contributed by atoms with Gasteiger partial charge in [-0.25, -0.2) is 0 Å². The van der Waals surface area contributed by atoms with Gasteiger partial charge in [-0.05, 0) is 32.4 Å². The molecule has 13 heavy (non-hydrogen) atoms. The molecule has 0 spiro atoms. The van der Waals surface area contributed by atoms with Crippen molar-refractivity contribution in [3.63, 3.8) is 0 Å². The van der Waals surface area contributed by atoms with E-state index in [1.54, 1.807) is 0 Å². The molecule has 1 unspecified atom stereocenters. The third-order valence-corrected chi connectivity index (χ3v) is 3.20. The predicted octanol–water partition coefficient (Wildman–Crippen LogP) is 0.446. The molecule has 76 valence electrons. The summed E-state index contributed by atoms with van der Waals surface area (Å²) >= 11 is 0. The van der Waals surface area contributed by atoms with E-state index in [1.807, 2.05) is 0 Å². The standard InChI is InChI=1S/C10H20N2O/c11-4-3-10-2-1-5-12(10)6-9-7-13-8-9/h9-10H,1-8,11H2. The number of likely N-dealkylation sites (tertiary alicyclic amines) is 1. The van der Waals surface area contributed by atoms with Crippen molar-refractivity contribution in [1.29, 1.82) is 0 Å². The fraction of sp³-hybridized carbons (Fsp3) is 1.00. The normalized spacial score (nSPS) is 30.7. The zero-order valence-corrected chi connectivity index (χ0v) is 8.24. The summed E-state index contributed by atoms with van der Waals surface area (Å²) in [5.41, 5.74) is 5.60. The SMILES string of the molecule is NCCC1CCCN1CC1COC1. The molecule has 3 heteroatoms. The third kappa shape index (κ3) is 2.22. The second-order valence-electron chi connectivity index (χ2n) is 4.27. The van der Waals surface area contributed by atoms with Crippen LogP contribution in [0.15, 0.2) is 0 Å². The minimum Gasteiger partial charge on any atom is -0.381 e. The molecule has 0 saturated carbocycles. The molecule has 0 aliphatic carbocycles. The van der Waals surface area contributed by atoms with E-state index >= 15 is 0 Å². The molecule has 3 nitrogen and oxygen atoms in total. The molecule has 1 atom stereocenters. The molecule has 0 aromatic heterocycles. The number of hydrogen-bond donors (Lipinski definition) is 1. The van der Waals surface area contributed by atoms with Crippen LogP contribution in [0.2, 0.25) is 0 Å². The van der Waals surface area contributed by atoms with Crippen molar-refractivity contribution in [1.82, 2.24) is 4.90 Å². The zero-order chi connectivity index (χ0) is 9.10. The molecule has 2 aliphatic rings. The predicted molar refractivity (Wildman–Crippen MR) is 52.6 cm³/mol. The van der Waals surface area contributed by atoms with Gasteiger partial charge in [-0.2, -0.15) is 0 Å². The maximum atomic E-state index is 5.60. The van der Waals surface area contributed by atoms with Crippen LogP contribution < -0.4 is 5.73 Å². The minimum atomic E-state index is 0.769. The second-order valence-corrected chi connectivity index (χ2v) is 4.27. The summed E-state index contributed by atoms with van der Waals surface area (Å²) in [4.78, 5) is 2.61. The van der Waals surface area contributed by atoms with Crippen molar-refractivity contribution < 1.29 is 4.74 Å². The lowest BCUT2D eigenvalue weighted by atomic mass is 10.1. The first-order valence-corrected chi connectivity index (χ1v) is 5.42. The van der Waals surface area contributed by atoms with E-state index < -0.39 is 0 Å². The van der Waals surface area contributed by atoms with Crippen molar-refractivity contribution in [2.75, 3.05) is 32.8 Å². The highest BCUT2D eigenvalue weighted by Crippen LogP contribution is 2.22. The molecule has 0 amide bonds. The van der Waals surface area contributed by atoms with Gasteiger partial charge in [-0.1, -0.05) is 0 Å². The Morgan fingerprint density at radius 3 is 2.85 bits per heavy atom. The highest BCUT2D eigenvalue weighted by atomic mass is 16.5. The molecule has 2 fully saturated rings. The van der Waals surface area contributed by atoms with Gasteiger partial charge in [0.05, 0.1) is 13.2 Å². The summed E-state index contributed by atoms with van der Waals surface area (Å²) in [6.07, 6.45) is 3.89. The van der Waals surface area contributed by atoms with Crippen LogP contribution >= 0.6 is 0 Å². The van der Waals surface area contributed by atoms with Crippen LogP contribution in [0.5, 0.6) is 0 Å². The molecule has 2 rings (SSSR count). The van der Waals surface area contributed by atoms with Crippen molar-refractivity contribution >= 4 is 0 Å². The Kier molecular flexibility index (Phi) is 3.19. The highest BCUT2D eigenvalue weighted by molar-refractivity contribution is 4.82. The number of nitrogens with two attached hydrogens (primary N) is 1. The van der Waals surface area contributed by atoms with Crippen LogP contribution in [0, 0.1) is 5.92 Å². The van der Waals surface area contributed by atoms with Crippen molar-refractivity contribution in [3.8, 4) is 0 Å². The topological polar surface area (TPSA) is 38.5 Å². The van der Waals surface area contributed by atoms with E-state index in [4.69, 9.17) is 10.5 Å². The smallest absolute Gasteiger partial charge is 0.0528 e. The summed E-state index contributed by atoms with van der Waals surface area (Å²) in [7, 11) is 0. The first kappa shape index (κ1) is 9.44. The average molecular weight is 184 g/mol. The Hall–Kier alpha value is -0.120. The van der Waals surface area contributed by atoms with E-state index in [-0.39, 0.29) is 0 Å².